The number of rotatable bonds is 7. The molecule has 1 amide bonds. The predicted molar refractivity (Wildman–Crippen MR) is 173 cm³/mol. The lowest BCUT2D eigenvalue weighted by atomic mass is 9.89. The number of nitrogens with zero attached hydrogens (tertiary/aromatic N) is 4. The summed E-state index contributed by atoms with van der Waals surface area (Å²) in [4.78, 5) is 32.7. The van der Waals surface area contributed by atoms with E-state index < -0.39 is 5.41 Å². The molecule has 0 bridgehead atoms. The third-order valence-corrected chi connectivity index (χ3v) is 10.4. The van der Waals surface area contributed by atoms with E-state index in [1.54, 1.807) is 11.3 Å². The third-order valence-electron chi connectivity index (χ3n) is 8.98. The maximum absolute atomic E-state index is 13.5. The number of benzene rings is 1. The van der Waals surface area contributed by atoms with Crippen LogP contribution in [0.15, 0.2) is 53.8 Å². The Morgan fingerprint density at radius 2 is 1.79 bits per heavy atom. The van der Waals surface area contributed by atoms with E-state index in [-0.39, 0.29) is 5.91 Å². The highest BCUT2D eigenvalue weighted by molar-refractivity contribution is 7.19. The van der Waals surface area contributed by atoms with Crippen LogP contribution in [0.1, 0.15) is 66.2 Å². The summed E-state index contributed by atoms with van der Waals surface area (Å²) in [5, 5.41) is 1.19. The smallest absolute Gasteiger partial charge is 0.233 e. The van der Waals surface area contributed by atoms with Gasteiger partial charge in [-0.15, -0.1) is 11.3 Å². The van der Waals surface area contributed by atoms with Crippen molar-refractivity contribution < 1.29 is 4.79 Å². The van der Waals surface area contributed by atoms with Crippen molar-refractivity contribution in [1.29, 1.82) is 0 Å². The lowest BCUT2D eigenvalue weighted by Crippen LogP contribution is -2.41. The van der Waals surface area contributed by atoms with Crippen LogP contribution in [0.4, 0.5) is 0 Å². The van der Waals surface area contributed by atoms with Gasteiger partial charge in [-0.1, -0.05) is 17.2 Å². The number of nitrogens with two attached hydrogens (primary N) is 1. The van der Waals surface area contributed by atoms with Crippen molar-refractivity contribution in [3.8, 4) is 11.3 Å². The van der Waals surface area contributed by atoms with Crippen molar-refractivity contribution >= 4 is 33.4 Å². The summed E-state index contributed by atoms with van der Waals surface area (Å²) in [6, 6.07) is 13.1. The van der Waals surface area contributed by atoms with Crippen LogP contribution in [0.2, 0.25) is 0 Å². The van der Waals surface area contributed by atoms with E-state index in [9.17, 15) is 4.79 Å². The maximum Gasteiger partial charge on any atom is 0.233 e. The van der Waals surface area contributed by atoms with Gasteiger partial charge in [-0.25, -0.2) is 0 Å². The van der Waals surface area contributed by atoms with Crippen molar-refractivity contribution in [2.45, 2.75) is 64.7 Å². The van der Waals surface area contributed by atoms with Gasteiger partial charge in [-0.05, 0) is 100 Å². The lowest BCUT2D eigenvalue weighted by molar-refractivity contribution is -0.135. The number of carbonyl (C=O) groups excluding carboxylic acids is 1. The van der Waals surface area contributed by atoms with Crippen LogP contribution in [0, 0.1) is 13.8 Å². The molecule has 0 saturated carbocycles. The van der Waals surface area contributed by atoms with Gasteiger partial charge in [-0.3, -0.25) is 14.8 Å². The van der Waals surface area contributed by atoms with Gasteiger partial charge < -0.3 is 20.5 Å². The van der Waals surface area contributed by atoms with Gasteiger partial charge in [0.1, 0.15) is 4.83 Å². The van der Waals surface area contributed by atoms with Crippen LogP contribution in [0.5, 0.6) is 0 Å². The van der Waals surface area contributed by atoms with Crippen LogP contribution in [-0.4, -0.2) is 64.4 Å². The normalized spacial score (nSPS) is 18.0. The molecule has 0 spiro atoms. The monoisotopic (exact) mass is 582 g/mol. The fourth-order valence-electron chi connectivity index (χ4n) is 6.64. The van der Waals surface area contributed by atoms with Crippen molar-refractivity contribution in [3.05, 3.63) is 75.9 Å². The van der Waals surface area contributed by atoms with E-state index in [2.05, 4.69) is 79.0 Å². The molecule has 2 saturated heterocycles. The van der Waals surface area contributed by atoms with Crippen molar-refractivity contribution in [1.82, 2.24) is 19.8 Å². The molecule has 4 aromatic rings. The molecule has 220 valence electrons. The van der Waals surface area contributed by atoms with Crippen LogP contribution >= 0.6 is 11.3 Å². The minimum absolute atomic E-state index is 0.230. The second-order valence-corrected chi connectivity index (χ2v) is 13.6. The maximum atomic E-state index is 13.5. The Kier molecular flexibility index (Phi) is 7.83. The number of carbonyl (C=O) groups is 1. The first kappa shape index (κ1) is 28.5. The Morgan fingerprint density at radius 1 is 1.07 bits per heavy atom. The van der Waals surface area contributed by atoms with Crippen LogP contribution in [-0.2, 0) is 16.6 Å². The highest BCUT2D eigenvalue weighted by Crippen LogP contribution is 2.41. The summed E-state index contributed by atoms with van der Waals surface area (Å²) >= 11 is 1.71. The second kappa shape index (κ2) is 11.6. The Hall–Kier alpha value is -3.65. The number of aliphatic imine (C=N–C) groups is 1. The summed E-state index contributed by atoms with van der Waals surface area (Å²) in [7, 11) is 0. The molecule has 7 nitrogen and oxygen atoms in total. The standard InChI is InChI=1S/C34H42N6OS/c1-22-17-23(2)19-26(18-22)30-27(9-13-37-33(35)40-16-10-25(21-40)24-7-11-36-12-8-24)28-20-29(42-31(28)38-30)34(3,4)32(41)39-14-5-6-15-39/h7-8,11-12,17-20,25,38H,5-6,9-10,13-16,21H2,1-4H3,(H2,35,37). The van der Waals surface area contributed by atoms with E-state index in [4.69, 9.17) is 10.7 Å². The number of H-pyrrole nitrogens is 1. The first-order chi connectivity index (χ1) is 20.2. The highest BCUT2D eigenvalue weighted by Gasteiger charge is 2.37. The number of aromatic nitrogens is 2. The fraction of sp³-hybridized carbons (Fsp3) is 0.441. The zero-order valence-corrected chi connectivity index (χ0v) is 26.1. The molecule has 0 aliphatic carbocycles. The number of likely N-dealkylation sites (tertiary alicyclic amines) is 2. The summed E-state index contributed by atoms with van der Waals surface area (Å²) in [5.41, 5.74) is 13.3. The fourth-order valence-corrected chi connectivity index (χ4v) is 7.83. The number of aromatic amines is 1. The number of guanidine groups is 1. The molecule has 42 heavy (non-hydrogen) atoms. The van der Waals surface area contributed by atoms with Crippen LogP contribution in [0.3, 0.4) is 0 Å². The predicted octanol–water partition coefficient (Wildman–Crippen LogP) is 6.15. The van der Waals surface area contributed by atoms with Crippen molar-refractivity contribution in [2.75, 3.05) is 32.7 Å². The minimum atomic E-state index is -0.560. The van der Waals surface area contributed by atoms with E-state index in [1.807, 2.05) is 17.3 Å². The van der Waals surface area contributed by atoms with E-state index >= 15 is 0 Å². The molecular weight excluding hydrogens is 540 g/mol. The number of fused-ring (bicyclic) bond motifs is 1. The number of hydrogen-bond acceptors (Lipinski definition) is 4. The molecule has 2 aliphatic rings. The quantitative estimate of drug-likeness (QED) is 0.202. The number of thiophene rings is 1. The average molecular weight is 583 g/mol. The topological polar surface area (TPSA) is 90.6 Å². The SMILES string of the molecule is Cc1cc(C)cc(-c2[nH]c3sc(C(C)(C)C(=O)N4CCCC4)cc3c2CCN=C(N)N2CCC(c3ccncc3)C2)c1. The number of aryl methyl sites for hydroxylation is 2. The summed E-state index contributed by atoms with van der Waals surface area (Å²) < 4.78 is 0. The molecule has 1 unspecified atom stereocenters. The third kappa shape index (κ3) is 5.56. The van der Waals surface area contributed by atoms with E-state index in [1.165, 1.54) is 33.2 Å². The number of hydrogen-bond donors (Lipinski definition) is 2. The van der Waals surface area contributed by atoms with E-state index in [0.717, 1.165) is 67.3 Å². The van der Waals surface area contributed by atoms with Crippen LogP contribution < -0.4 is 5.73 Å². The van der Waals surface area contributed by atoms with Gasteiger partial charge >= 0.3 is 0 Å². The highest BCUT2D eigenvalue weighted by atomic mass is 32.1. The summed E-state index contributed by atoms with van der Waals surface area (Å²) in [6.45, 7) is 12.6. The molecule has 2 fully saturated rings. The summed E-state index contributed by atoms with van der Waals surface area (Å²) in [6.07, 6.45) is 7.75. The molecule has 3 N–H and O–H groups in total. The second-order valence-electron chi connectivity index (χ2n) is 12.5. The summed E-state index contributed by atoms with van der Waals surface area (Å²) in [5.74, 6) is 1.31. The average Bonchev–Trinajstić information content (AvgIpc) is 3.78. The number of pyridine rings is 1. The van der Waals surface area contributed by atoms with Crippen molar-refractivity contribution in [2.24, 2.45) is 10.7 Å². The first-order valence-electron chi connectivity index (χ1n) is 15.2. The zero-order valence-electron chi connectivity index (χ0n) is 25.2. The van der Waals surface area contributed by atoms with Gasteiger partial charge in [-0.2, -0.15) is 0 Å². The Bertz CT molecular complexity index is 1590. The Labute approximate surface area is 252 Å². The van der Waals surface area contributed by atoms with Gasteiger partial charge in [0, 0.05) is 61.3 Å². The molecular formula is C34H42N6OS. The largest absolute Gasteiger partial charge is 0.370 e. The molecule has 6 rings (SSSR count). The van der Waals surface area contributed by atoms with Gasteiger partial charge in [0.2, 0.25) is 5.91 Å². The Balaban J connectivity index is 1.27. The molecule has 1 aromatic carbocycles. The molecule has 3 aromatic heterocycles. The zero-order chi connectivity index (χ0) is 29.4. The number of amides is 1. The van der Waals surface area contributed by atoms with Gasteiger partial charge in [0.15, 0.2) is 5.96 Å². The van der Waals surface area contributed by atoms with E-state index in [0.29, 0.717) is 18.4 Å². The number of nitrogens with one attached hydrogen (secondary N) is 1. The lowest BCUT2D eigenvalue weighted by Gasteiger charge is -2.28. The first-order valence-corrected chi connectivity index (χ1v) is 16.0. The van der Waals surface area contributed by atoms with Crippen molar-refractivity contribution in [3.63, 3.8) is 0 Å². The van der Waals surface area contributed by atoms with Crippen LogP contribution in [0.25, 0.3) is 21.5 Å². The molecule has 1 atom stereocenters. The molecule has 5 heterocycles. The molecule has 0 radical (unpaired) electrons. The molecule has 8 heteroatoms. The van der Waals surface area contributed by atoms with Gasteiger partial charge in [0.05, 0.1) is 11.1 Å². The molecule has 2 aliphatic heterocycles. The minimum Gasteiger partial charge on any atom is -0.370 e. The van der Waals surface area contributed by atoms with Gasteiger partial charge in [0.25, 0.3) is 0 Å². The Morgan fingerprint density at radius 3 is 2.50 bits per heavy atom.